The van der Waals surface area contributed by atoms with Gasteiger partial charge in [-0.25, -0.2) is 0 Å². The molecule has 0 aromatic heterocycles. The van der Waals surface area contributed by atoms with Crippen LogP contribution in [0.1, 0.15) is 0 Å². The summed E-state index contributed by atoms with van der Waals surface area (Å²) in [6.45, 7) is -0.136. The normalized spacial score (nSPS) is 29.2. The second-order valence-corrected chi connectivity index (χ2v) is 3.03. The SMILES string of the molecule is O=C(O)C1CNC(C(=O)O)C1C(=O)O.[Na]. The van der Waals surface area contributed by atoms with Crippen LogP contribution in [0, 0.1) is 11.8 Å². The molecular weight excluding hydrogens is 217 g/mol. The van der Waals surface area contributed by atoms with Gasteiger partial charge in [0.05, 0.1) is 11.8 Å². The van der Waals surface area contributed by atoms with Crippen molar-refractivity contribution in [2.75, 3.05) is 6.54 Å². The van der Waals surface area contributed by atoms with E-state index < -0.39 is 35.8 Å². The average molecular weight is 226 g/mol. The van der Waals surface area contributed by atoms with Crippen LogP contribution in [-0.4, -0.2) is 75.4 Å². The monoisotopic (exact) mass is 226 g/mol. The van der Waals surface area contributed by atoms with Crippen molar-refractivity contribution < 1.29 is 29.7 Å². The first-order chi connectivity index (χ1) is 6.45. The maximum atomic E-state index is 10.7. The van der Waals surface area contributed by atoms with Crippen molar-refractivity contribution in [1.29, 1.82) is 0 Å². The Labute approximate surface area is 107 Å². The van der Waals surface area contributed by atoms with Crippen molar-refractivity contribution in [3.05, 3.63) is 0 Å². The smallest absolute Gasteiger partial charge is 0.321 e. The summed E-state index contributed by atoms with van der Waals surface area (Å²) >= 11 is 0. The topological polar surface area (TPSA) is 124 Å². The van der Waals surface area contributed by atoms with E-state index in [2.05, 4.69) is 5.32 Å². The number of aliphatic carboxylic acids is 3. The van der Waals surface area contributed by atoms with Crippen LogP contribution in [0.25, 0.3) is 0 Å². The summed E-state index contributed by atoms with van der Waals surface area (Å²) in [5.41, 5.74) is 0. The standard InChI is InChI=1S/C7H9NO6.Na/c9-5(10)2-1-8-4(7(13)14)3(2)6(11)12;/h2-4,8H,1H2,(H,9,10)(H,11,12)(H,13,14);. The van der Waals surface area contributed by atoms with Gasteiger partial charge < -0.3 is 20.6 Å². The fourth-order valence-corrected chi connectivity index (χ4v) is 1.54. The average Bonchev–Trinajstić information content (AvgIpc) is 2.46. The van der Waals surface area contributed by atoms with E-state index in [1.807, 2.05) is 0 Å². The molecule has 1 aliphatic heterocycles. The van der Waals surface area contributed by atoms with Crippen LogP contribution >= 0.6 is 0 Å². The largest absolute Gasteiger partial charge is 0.481 e. The molecule has 0 amide bonds. The number of nitrogens with one attached hydrogen (secondary N) is 1. The Kier molecular flexibility index (Phi) is 5.22. The predicted octanol–water partition coefficient (Wildman–Crippen LogP) is -1.94. The molecular formula is C7H9NNaO6. The number of carbonyl (C=O) groups is 3. The molecule has 0 aliphatic carbocycles. The van der Waals surface area contributed by atoms with E-state index in [-0.39, 0.29) is 36.1 Å². The van der Waals surface area contributed by atoms with Gasteiger partial charge in [0.15, 0.2) is 0 Å². The molecule has 1 rings (SSSR count). The van der Waals surface area contributed by atoms with E-state index in [0.29, 0.717) is 0 Å². The first kappa shape index (κ1) is 14.4. The molecule has 0 bridgehead atoms. The molecule has 4 N–H and O–H groups in total. The van der Waals surface area contributed by atoms with Crippen LogP contribution in [0.3, 0.4) is 0 Å². The van der Waals surface area contributed by atoms with Crippen molar-refractivity contribution in [3.63, 3.8) is 0 Å². The Balaban J connectivity index is 0.00000196. The van der Waals surface area contributed by atoms with Gasteiger partial charge in [0.25, 0.3) is 0 Å². The maximum Gasteiger partial charge on any atom is 0.321 e. The van der Waals surface area contributed by atoms with Gasteiger partial charge >= 0.3 is 17.9 Å². The second kappa shape index (κ2) is 5.45. The Bertz CT molecular complexity index is 271. The molecule has 1 heterocycles. The van der Waals surface area contributed by atoms with Gasteiger partial charge in [0, 0.05) is 36.1 Å². The molecule has 79 valence electrons. The summed E-state index contributed by atoms with van der Waals surface area (Å²) in [5.74, 6) is -6.65. The number of carboxylic acids is 3. The molecule has 7 nitrogen and oxygen atoms in total. The first-order valence-electron chi connectivity index (χ1n) is 3.87. The zero-order valence-electron chi connectivity index (χ0n) is 8.01. The van der Waals surface area contributed by atoms with Gasteiger partial charge in [-0.3, -0.25) is 14.4 Å². The Morgan fingerprint density at radius 2 is 1.53 bits per heavy atom. The van der Waals surface area contributed by atoms with Gasteiger partial charge in [0.1, 0.15) is 6.04 Å². The summed E-state index contributed by atoms with van der Waals surface area (Å²) in [6, 6.07) is -1.33. The van der Waals surface area contributed by atoms with Crippen LogP contribution in [-0.2, 0) is 14.4 Å². The zero-order valence-corrected chi connectivity index (χ0v) is 10.0. The number of hydrogen-bond acceptors (Lipinski definition) is 4. The summed E-state index contributed by atoms with van der Waals surface area (Å²) in [5, 5.41) is 28.3. The fourth-order valence-electron chi connectivity index (χ4n) is 1.54. The third-order valence-electron chi connectivity index (χ3n) is 2.22. The van der Waals surface area contributed by atoms with Crippen LogP contribution in [0.15, 0.2) is 0 Å². The van der Waals surface area contributed by atoms with E-state index in [1.165, 1.54) is 0 Å². The Morgan fingerprint density at radius 3 is 1.87 bits per heavy atom. The number of carboxylic acid groups (broad SMARTS) is 3. The third-order valence-corrected chi connectivity index (χ3v) is 2.22. The minimum absolute atomic E-state index is 0. The van der Waals surface area contributed by atoms with Gasteiger partial charge in [0.2, 0.25) is 0 Å². The molecule has 8 heteroatoms. The molecule has 0 aromatic carbocycles. The minimum Gasteiger partial charge on any atom is -0.481 e. The van der Waals surface area contributed by atoms with Crippen molar-refractivity contribution >= 4 is 47.5 Å². The van der Waals surface area contributed by atoms with E-state index in [1.54, 1.807) is 0 Å². The molecule has 3 unspecified atom stereocenters. The Morgan fingerprint density at radius 1 is 1.00 bits per heavy atom. The number of rotatable bonds is 3. The van der Waals surface area contributed by atoms with Crippen molar-refractivity contribution in [2.45, 2.75) is 6.04 Å². The molecule has 1 saturated heterocycles. The van der Waals surface area contributed by atoms with Gasteiger partial charge in [-0.2, -0.15) is 0 Å². The van der Waals surface area contributed by atoms with Crippen LogP contribution < -0.4 is 5.32 Å². The molecule has 0 saturated carbocycles. The van der Waals surface area contributed by atoms with E-state index in [4.69, 9.17) is 15.3 Å². The second-order valence-electron chi connectivity index (χ2n) is 3.03. The molecule has 15 heavy (non-hydrogen) atoms. The van der Waals surface area contributed by atoms with Crippen molar-refractivity contribution in [1.82, 2.24) is 5.32 Å². The molecule has 1 aliphatic rings. The zero-order chi connectivity index (χ0) is 10.9. The maximum absolute atomic E-state index is 10.7. The summed E-state index contributed by atoms with van der Waals surface area (Å²) in [6.07, 6.45) is 0. The summed E-state index contributed by atoms with van der Waals surface area (Å²) < 4.78 is 0. The molecule has 0 spiro atoms. The predicted molar refractivity (Wildman–Crippen MR) is 47.4 cm³/mol. The minimum atomic E-state index is -1.41. The van der Waals surface area contributed by atoms with Crippen molar-refractivity contribution in [2.24, 2.45) is 11.8 Å². The van der Waals surface area contributed by atoms with Crippen LogP contribution in [0.5, 0.6) is 0 Å². The molecule has 1 fully saturated rings. The van der Waals surface area contributed by atoms with Gasteiger partial charge in [-0.1, -0.05) is 0 Å². The summed E-state index contributed by atoms with van der Waals surface area (Å²) in [4.78, 5) is 31.8. The van der Waals surface area contributed by atoms with Crippen molar-refractivity contribution in [3.8, 4) is 0 Å². The van der Waals surface area contributed by atoms with Crippen LogP contribution in [0.4, 0.5) is 0 Å². The first-order valence-corrected chi connectivity index (χ1v) is 3.87. The third kappa shape index (κ3) is 2.91. The quantitative estimate of drug-likeness (QED) is 0.413. The summed E-state index contributed by atoms with van der Waals surface area (Å²) in [7, 11) is 0. The van der Waals surface area contributed by atoms with E-state index in [0.717, 1.165) is 0 Å². The molecule has 1 radical (unpaired) electrons. The van der Waals surface area contributed by atoms with E-state index >= 15 is 0 Å². The number of hydrogen-bond donors (Lipinski definition) is 4. The Hall–Kier alpha value is -0.630. The van der Waals surface area contributed by atoms with Crippen LogP contribution in [0.2, 0.25) is 0 Å². The van der Waals surface area contributed by atoms with Gasteiger partial charge in [-0.15, -0.1) is 0 Å². The molecule has 3 atom stereocenters. The van der Waals surface area contributed by atoms with Gasteiger partial charge in [-0.05, 0) is 0 Å². The fraction of sp³-hybridized carbons (Fsp3) is 0.571. The van der Waals surface area contributed by atoms with E-state index in [9.17, 15) is 14.4 Å². The molecule has 0 aromatic rings.